The SMILES string of the molecule is Cc1ccccc1S(=O)(=O)c1ccccc1I. The van der Waals surface area contributed by atoms with Gasteiger partial charge in [-0.2, -0.15) is 0 Å². The summed E-state index contributed by atoms with van der Waals surface area (Å²) in [6, 6.07) is 14.1. The average Bonchev–Trinajstić information content (AvgIpc) is 2.29. The van der Waals surface area contributed by atoms with E-state index in [9.17, 15) is 8.42 Å². The third-order valence-electron chi connectivity index (χ3n) is 2.51. The second kappa shape index (κ2) is 4.78. The Morgan fingerprint density at radius 1 is 0.882 bits per heavy atom. The summed E-state index contributed by atoms with van der Waals surface area (Å²) in [5, 5.41) is 0. The lowest BCUT2D eigenvalue weighted by atomic mass is 10.2. The second-order valence-electron chi connectivity index (χ2n) is 3.70. The molecule has 88 valence electrons. The minimum absolute atomic E-state index is 0.370. The van der Waals surface area contributed by atoms with Crippen LogP contribution in [-0.2, 0) is 9.84 Å². The molecule has 17 heavy (non-hydrogen) atoms. The van der Waals surface area contributed by atoms with E-state index in [2.05, 4.69) is 0 Å². The van der Waals surface area contributed by atoms with Gasteiger partial charge in [-0.3, -0.25) is 0 Å². The molecule has 0 bridgehead atoms. The Labute approximate surface area is 115 Å². The van der Waals surface area contributed by atoms with Crippen LogP contribution in [0, 0.1) is 10.5 Å². The first-order chi connectivity index (χ1) is 8.03. The van der Waals surface area contributed by atoms with Crippen LogP contribution in [0.5, 0.6) is 0 Å². The molecule has 0 atom stereocenters. The number of benzene rings is 2. The standard InChI is InChI=1S/C13H11IO2S/c1-10-6-2-4-8-12(10)17(15,16)13-9-5-3-7-11(13)14/h2-9H,1H3. The van der Waals surface area contributed by atoms with Crippen LogP contribution in [0.2, 0.25) is 0 Å². The molecule has 2 aromatic carbocycles. The molecule has 0 fully saturated rings. The van der Waals surface area contributed by atoms with Gasteiger partial charge in [0.25, 0.3) is 0 Å². The summed E-state index contributed by atoms with van der Waals surface area (Å²) in [7, 11) is -3.41. The number of hydrogen-bond donors (Lipinski definition) is 0. The zero-order chi connectivity index (χ0) is 12.5. The fourth-order valence-electron chi connectivity index (χ4n) is 1.64. The number of halogens is 1. The van der Waals surface area contributed by atoms with Crippen LogP contribution in [0.4, 0.5) is 0 Å². The van der Waals surface area contributed by atoms with E-state index in [0.29, 0.717) is 9.79 Å². The Morgan fingerprint density at radius 2 is 1.41 bits per heavy atom. The lowest BCUT2D eigenvalue weighted by Gasteiger charge is -2.08. The third-order valence-corrected chi connectivity index (χ3v) is 5.79. The first kappa shape index (κ1) is 12.6. The third kappa shape index (κ3) is 2.37. The maximum absolute atomic E-state index is 12.5. The Balaban J connectivity index is 2.67. The van der Waals surface area contributed by atoms with E-state index in [-0.39, 0.29) is 0 Å². The van der Waals surface area contributed by atoms with E-state index in [4.69, 9.17) is 0 Å². The highest BCUT2D eigenvalue weighted by molar-refractivity contribution is 14.1. The predicted octanol–water partition coefficient (Wildman–Crippen LogP) is 3.43. The Bertz CT molecular complexity index is 596. The van der Waals surface area contributed by atoms with E-state index >= 15 is 0 Å². The number of aryl methyl sites for hydroxylation is 1. The van der Waals surface area contributed by atoms with Crippen molar-refractivity contribution >= 4 is 32.4 Å². The molecule has 0 N–H and O–H groups in total. The van der Waals surface area contributed by atoms with Gasteiger partial charge in [0.15, 0.2) is 0 Å². The zero-order valence-electron chi connectivity index (χ0n) is 9.22. The molecule has 0 aliphatic heterocycles. The van der Waals surface area contributed by atoms with Crippen LogP contribution in [0.3, 0.4) is 0 Å². The topological polar surface area (TPSA) is 34.1 Å². The van der Waals surface area contributed by atoms with Crippen molar-refractivity contribution in [3.8, 4) is 0 Å². The fourth-order valence-corrected chi connectivity index (χ4v) is 4.47. The van der Waals surface area contributed by atoms with Gasteiger partial charge in [-0.25, -0.2) is 8.42 Å². The van der Waals surface area contributed by atoms with Crippen molar-refractivity contribution in [2.24, 2.45) is 0 Å². The molecule has 0 heterocycles. The van der Waals surface area contributed by atoms with Crippen LogP contribution in [0.1, 0.15) is 5.56 Å². The lowest BCUT2D eigenvalue weighted by Crippen LogP contribution is -2.05. The molecule has 2 rings (SSSR count). The largest absolute Gasteiger partial charge is 0.218 e. The maximum Gasteiger partial charge on any atom is 0.207 e. The normalized spacial score (nSPS) is 11.4. The van der Waals surface area contributed by atoms with Crippen molar-refractivity contribution in [2.45, 2.75) is 16.7 Å². The van der Waals surface area contributed by atoms with Gasteiger partial charge in [-0.05, 0) is 53.3 Å². The van der Waals surface area contributed by atoms with Gasteiger partial charge < -0.3 is 0 Å². The van der Waals surface area contributed by atoms with E-state index in [1.165, 1.54) is 0 Å². The fraction of sp³-hybridized carbons (Fsp3) is 0.0769. The van der Waals surface area contributed by atoms with E-state index in [1.807, 2.05) is 47.7 Å². The monoisotopic (exact) mass is 358 g/mol. The molecule has 0 aliphatic rings. The van der Waals surface area contributed by atoms with Gasteiger partial charge in [0.2, 0.25) is 9.84 Å². The minimum Gasteiger partial charge on any atom is -0.218 e. The van der Waals surface area contributed by atoms with Gasteiger partial charge in [0.1, 0.15) is 0 Å². The van der Waals surface area contributed by atoms with Crippen LogP contribution in [0.15, 0.2) is 58.3 Å². The molecule has 0 unspecified atom stereocenters. The highest BCUT2D eigenvalue weighted by atomic mass is 127. The molecule has 2 aromatic rings. The van der Waals surface area contributed by atoms with Gasteiger partial charge in [-0.1, -0.05) is 30.3 Å². The summed E-state index contributed by atoms with van der Waals surface area (Å²) in [5.41, 5.74) is 0.771. The quantitative estimate of drug-likeness (QED) is 0.771. The first-order valence-corrected chi connectivity index (χ1v) is 7.65. The molecule has 0 aliphatic carbocycles. The number of sulfone groups is 1. The van der Waals surface area contributed by atoms with Crippen molar-refractivity contribution in [3.05, 3.63) is 57.7 Å². The first-order valence-electron chi connectivity index (χ1n) is 5.09. The van der Waals surface area contributed by atoms with E-state index < -0.39 is 9.84 Å². The van der Waals surface area contributed by atoms with Crippen LogP contribution in [0.25, 0.3) is 0 Å². The highest BCUT2D eigenvalue weighted by Crippen LogP contribution is 2.26. The second-order valence-corrected chi connectivity index (χ2v) is 6.75. The van der Waals surface area contributed by atoms with Gasteiger partial charge >= 0.3 is 0 Å². The maximum atomic E-state index is 12.5. The number of rotatable bonds is 2. The molecule has 0 saturated heterocycles. The van der Waals surface area contributed by atoms with Crippen molar-refractivity contribution in [2.75, 3.05) is 0 Å². The van der Waals surface area contributed by atoms with Crippen LogP contribution in [-0.4, -0.2) is 8.42 Å². The minimum atomic E-state index is -3.41. The van der Waals surface area contributed by atoms with E-state index in [0.717, 1.165) is 9.13 Å². The molecule has 4 heteroatoms. The lowest BCUT2D eigenvalue weighted by molar-refractivity contribution is 0.595. The van der Waals surface area contributed by atoms with Gasteiger partial charge in [0, 0.05) is 3.57 Å². The van der Waals surface area contributed by atoms with Gasteiger partial charge in [-0.15, -0.1) is 0 Å². The molecule has 0 saturated carbocycles. The summed E-state index contributed by atoms with van der Waals surface area (Å²) in [6.45, 7) is 1.81. The predicted molar refractivity (Wildman–Crippen MR) is 75.8 cm³/mol. The van der Waals surface area contributed by atoms with Crippen LogP contribution < -0.4 is 0 Å². The molecule has 2 nitrogen and oxygen atoms in total. The van der Waals surface area contributed by atoms with Crippen molar-refractivity contribution in [1.29, 1.82) is 0 Å². The van der Waals surface area contributed by atoms with E-state index in [1.54, 1.807) is 30.3 Å². The summed E-state index contributed by atoms with van der Waals surface area (Å²) in [5.74, 6) is 0. The van der Waals surface area contributed by atoms with Crippen LogP contribution >= 0.6 is 22.6 Å². The summed E-state index contributed by atoms with van der Waals surface area (Å²) in [4.78, 5) is 0.749. The van der Waals surface area contributed by atoms with Crippen molar-refractivity contribution < 1.29 is 8.42 Å². The molecular formula is C13H11IO2S. The molecule has 0 spiro atoms. The summed E-state index contributed by atoms with van der Waals surface area (Å²) >= 11 is 2.04. The number of hydrogen-bond acceptors (Lipinski definition) is 2. The molecule has 0 radical (unpaired) electrons. The molecule has 0 amide bonds. The smallest absolute Gasteiger partial charge is 0.207 e. The van der Waals surface area contributed by atoms with Gasteiger partial charge in [0.05, 0.1) is 9.79 Å². The Morgan fingerprint density at radius 3 is 2.00 bits per heavy atom. The molecular weight excluding hydrogens is 347 g/mol. The Hall–Kier alpha value is -0.880. The average molecular weight is 358 g/mol. The summed E-state index contributed by atoms with van der Waals surface area (Å²) < 4.78 is 25.7. The molecule has 0 aromatic heterocycles. The highest BCUT2D eigenvalue weighted by Gasteiger charge is 2.21. The summed E-state index contributed by atoms with van der Waals surface area (Å²) in [6.07, 6.45) is 0. The van der Waals surface area contributed by atoms with Crippen molar-refractivity contribution in [1.82, 2.24) is 0 Å². The zero-order valence-corrected chi connectivity index (χ0v) is 12.2. The Kier molecular flexibility index (Phi) is 3.53. The van der Waals surface area contributed by atoms with Crippen molar-refractivity contribution in [3.63, 3.8) is 0 Å².